The first-order chi connectivity index (χ1) is 28.8. The van der Waals surface area contributed by atoms with Crippen molar-refractivity contribution in [3.05, 3.63) is 99.3 Å². The van der Waals surface area contributed by atoms with E-state index in [4.69, 9.17) is 0 Å². The maximum absolute atomic E-state index is 16.2. The largest absolute Gasteiger partial charge is 0.380 e. The van der Waals surface area contributed by atoms with Gasteiger partial charge in [-0.3, -0.25) is 44.0 Å². The SMILES string of the molecule is C[C@@H]1CC2=C(NC3C=CC=CC23)[C@@H](c2c(F)cc(N3CC(C(=O)N4CCC(N5Cc6cc7c(cc6C5)C(=O)N(C5CCC(=O)NC5=O)C7=O)CC4)C3)cc2F)N1CC(F)F. The Kier molecular flexibility index (Phi) is 9.50. The Balaban J connectivity index is 0.758. The third-order valence-corrected chi connectivity index (χ3v) is 14.0. The molecule has 2 N–H and O–H groups in total. The summed E-state index contributed by atoms with van der Waals surface area (Å²) in [6, 6.07) is 3.69. The van der Waals surface area contributed by atoms with Crippen molar-refractivity contribution in [1.82, 2.24) is 30.2 Å². The highest BCUT2D eigenvalue weighted by atomic mass is 19.3. The molecule has 0 bridgehead atoms. The summed E-state index contributed by atoms with van der Waals surface area (Å²) in [5.74, 6) is -4.08. The van der Waals surface area contributed by atoms with Crippen molar-refractivity contribution in [2.75, 3.05) is 37.6 Å². The van der Waals surface area contributed by atoms with Crippen LogP contribution in [0.1, 0.15) is 82.5 Å². The van der Waals surface area contributed by atoms with Crippen molar-refractivity contribution in [3.8, 4) is 0 Å². The Morgan fingerprint density at radius 2 is 1.53 bits per heavy atom. The van der Waals surface area contributed by atoms with Gasteiger partial charge in [-0.1, -0.05) is 24.3 Å². The average Bonchev–Trinajstić information content (AvgIpc) is 3.85. The van der Waals surface area contributed by atoms with Gasteiger partial charge >= 0.3 is 0 Å². The molecule has 3 fully saturated rings. The number of fused-ring (bicyclic) bond motifs is 4. The second-order valence-electron chi connectivity index (χ2n) is 17.4. The van der Waals surface area contributed by atoms with Crippen molar-refractivity contribution in [3.63, 3.8) is 0 Å². The van der Waals surface area contributed by atoms with Crippen molar-refractivity contribution in [2.45, 2.75) is 88.8 Å². The number of benzene rings is 2. The van der Waals surface area contributed by atoms with Crippen molar-refractivity contribution in [1.29, 1.82) is 0 Å². The minimum atomic E-state index is -2.69. The molecule has 2 aromatic carbocycles. The Morgan fingerprint density at radius 1 is 0.883 bits per heavy atom. The minimum absolute atomic E-state index is 0.00181. The number of likely N-dealkylation sites (tertiary alicyclic amines) is 1. The highest BCUT2D eigenvalue weighted by molar-refractivity contribution is 6.23. The van der Waals surface area contributed by atoms with Gasteiger partial charge in [0.05, 0.1) is 35.7 Å². The quantitative estimate of drug-likeness (QED) is 0.313. The number of rotatable bonds is 7. The van der Waals surface area contributed by atoms with Crippen LogP contribution in [0.4, 0.5) is 23.2 Å². The number of alkyl halides is 2. The van der Waals surface area contributed by atoms with E-state index in [0.29, 0.717) is 57.1 Å². The van der Waals surface area contributed by atoms with Crippen LogP contribution in [-0.2, 0) is 27.5 Å². The lowest BCUT2D eigenvalue weighted by Crippen LogP contribution is -2.56. The Labute approximate surface area is 343 Å². The predicted molar refractivity (Wildman–Crippen MR) is 209 cm³/mol. The van der Waals surface area contributed by atoms with Crippen molar-refractivity contribution < 1.29 is 41.5 Å². The molecule has 1 aliphatic carbocycles. The van der Waals surface area contributed by atoms with E-state index in [0.717, 1.165) is 34.4 Å². The van der Waals surface area contributed by atoms with E-state index < -0.39 is 60.3 Å². The van der Waals surface area contributed by atoms with Gasteiger partial charge in [0.1, 0.15) is 17.7 Å². The van der Waals surface area contributed by atoms with E-state index in [1.54, 1.807) is 17.0 Å². The van der Waals surface area contributed by atoms with Gasteiger partial charge in [-0.25, -0.2) is 17.6 Å². The number of nitrogens with one attached hydrogen (secondary N) is 2. The first-order valence-corrected chi connectivity index (χ1v) is 20.9. The molecule has 0 spiro atoms. The molecule has 3 saturated heterocycles. The number of halogens is 4. The van der Waals surface area contributed by atoms with Gasteiger partial charge in [0.2, 0.25) is 17.7 Å². The van der Waals surface area contributed by atoms with Gasteiger partial charge in [0, 0.05) is 80.6 Å². The second kappa shape index (κ2) is 14.7. The van der Waals surface area contributed by atoms with Gasteiger partial charge in [-0.2, -0.15) is 0 Å². The fraction of sp³-hybridized carbons (Fsp3) is 0.477. The van der Waals surface area contributed by atoms with Crippen LogP contribution in [0.25, 0.3) is 0 Å². The number of imide groups is 2. The van der Waals surface area contributed by atoms with Crippen molar-refractivity contribution >= 4 is 35.2 Å². The summed E-state index contributed by atoms with van der Waals surface area (Å²) in [5, 5.41) is 5.62. The van der Waals surface area contributed by atoms with Crippen molar-refractivity contribution in [2.24, 2.45) is 11.8 Å². The summed E-state index contributed by atoms with van der Waals surface area (Å²) in [5.41, 5.74) is 4.05. The molecule has 16 heteroatoms. The zero-order valence-electron chi connectivity index (χ0n) is 33.0. The lowest BCUT2D eigenvalue weighted by Gasteiger charge is -2.44. The summed E-state index contributed by atoms with van der Waals surface area (Å²) in [6.07, 6.45) is 7.32. The molecule has 2 aromatic rings. The third kappa shape index (κ3) is 6.36. The van der Waals surface area contributed by atoms with Gasteiger partial charge in [0.15, 0.2) is 0 Å². The molecule has 7 heterocycles. The molecule has 60 heavy (non-hydrogen) atoms. The molecule has 0 aromatic heterocycles. The Morgan fingerprint density at radius 3 is 2.17 bits per heavy atom. The number of carbonyl (C=O) groups is 5. The normalized spacial score (nSPS) is 28.3. The molecule has 10 rings (SSSR count). The van der Waals surface area contributed by atoms with E-state index >= 15 is 8.78 Å². The number of hydrogen-bond donors (Lipinski definition) is 2. The van der Waals surface area contributed by atoms with Crippen LogP contribution in [0, 0.1) is 23.5 Å². The standard InChI is InChI=1S/C44H45F4N7O5/c1-22-12-29-28-4-2-3-5-34(28)49-39(29)40(54(22)21-36(47)48)38-32(45)15-27(16-33(38)46)53-19-25(20-53)42(58)51-10-8-26(9-11-51)52-17-23-13-30-31(14-24(23)18-52)44(60)55(43(30)59)35-6-7-37(56)50-41(35)57/h2-5,13-16,22,25-26,28,34-36,40,49H,6-12,17-21H2,1H3,(H,50,56,57)/t22-,28?,34?,35?,40-/m1/s1. The molecule has 5 amide bonds. The number of carbonyl (C=O) groups excluding carboxylic acids is 5. The maximum Gasteiger partial charge on any atom is 0.262 e. The van der Waals surface area contributed by atoms with E-state index in [9.17, 15) is 32.8 Å². The van der Waals surface area contributed by atoms with E-state index in [2.05, 4.69) is 15.5 Å². The van der Waals surface area contributed by atoms with E-state index in [1.165, 1.54) is 17.0 Å². The zero-order valence-corrected chi connectivity index (χ0v) is 33.0. The molecule has 314 valence electrons. The Bertz CT molecular complexity index is 2250. The molecule has 12 nitrogen and oxygen atoms in total. The van der Waals surface area contributed by atoms with E-state index in [1.807, 2.05) is 36.1 Å². The summed E-state index contributed by atoms with van der Waals surface area (Å²) in [6.45, 7) is 4.08. The lowest BCUT2D eigenvalue weighted by atomic mass is 9.82. The molecule has 5 atom stereocenters. The van der Waals surface area contributed by atoms with Gasteiger partial charge in [-0.15, -0.1) is 0 Å². The second-order valence-corrected chi connectivity index (χ2v) is 17.4. The van der Waals surface area contributed by atoms with Gasteiger partial charge in [-0.05, 0) is 73.6 Å². The Hall–Kier alpha value is -5.35. The third-order valence-electron chi connectivity index (χ3n) is 14.0. The highest BCUT2D eigenvalue weighted by Gasteiger charge is 2.48. The monoisotopic (exact) mass is 827 g/mol. The number of piperidine rings is 2. The van der Waals surface area contributed by atoms with E-state index in [-0.39, 0.29) is 65.4 Å². The summed E-state index contributed by atoms with van der Waals surface area (Å²) in [7, 11) is 0. The zero-order chi connectivity index (χ0) is 41.7. The predicted octanol–water partition coefficient (Wildman–Crippen LogP) is 4.18. The smallest absolute Gasteiger partial charge is 0.262 e. The number of allylic oxidation sites excluding steroid dienone is 2. The number of nitrogens with zero attached hydrogens (tertiary/aromatic N) is 5. The average molecular weight is 828 g/mol. The molecule has 3 unspecified atom stereocenters. The number of hydrogen-bond acceptors (Lipinski definition) is 9. The van der Waals surface area contributed by atoms with Crippen LogP contribution < -0.4 is 15.5 Å². The van der Waals surface area contributed by atoms with Gasteiger partial charge < -0.3 is 15.1 Å². The van der Waals surface area contributed by atoms with Crippen LogP contribution in [0.2, 0.25) is 0 Å². The summed E-state index contributed by atoms with van der Waals surface area (Å²) in [4.78, 5) is 72.8. The first-order valence-electron chi connectivity index (χ1n) is 20.9. The summed E-state index contributed by atoms with van der Waals surface area (Å²) >= 11 is 0. The lowest BCUT2D eigenvalue weighted by molar-refractivity contribution is -0.138. The fourth-order valence-corrected chi connectivity index (χ4v) is 10.9. The summed E-state index contributed by atoms with van der Waals surface area (Å²) < 4.78 is 60.2. The van der Waals surface area contributed by atoms with Crippen LogP contribution in [0.3, 0.4) is 0 Å². The topological polar surface area (TPSA) is 126 Å². The minimum Gasteiger partial charge on any atom is -0.380 e. The number of anilines is 1. The fourth-order valence-electron chi connectivity index (χ4n) is 10.9. The van der Waals surface area contributed by atoms with Crippen LogP contribution >= 0.6 is 0 Å². The van der Waals surface area contributed by atoms with Gasteiger partial charge in [0.25, 0.3) is 18.2 Å². The van der Waals surface area contributed by atoms with Crippen LogP contribution in [0.5, 0.6) is 0 Å². The molecular weight excluding hydrogens is 783 g/mol. The number of amides is 5. The highest BCUT2D eigenvalue weighted by Crippen LogP contribution is 2.48. The molecule has 0 saturated carbocycles. The molecule has 0 radical (unpaired) electrons. The molecular formula is C44H45F4N7O5. The molecule has 7 aliphatic heterocycles. The van der Waals surface area contributed by atoms with Crippen LogP contribution in [-0.4, -0.2) is 112 Å². The first kappa shape index (κ1) is 38.8. The maximum atomic E-state index is 16.2. The van der Waals surface area contributed by atoms with Crippen LogP contribution in [0.15, 0.2) is 59.8 Å². The molecule has 8 aliphatic rings.